The number of benzene rings is 1. The van der Waals surface area contributed by atoms with E-state index >= 15 is 0 Å². The summed E-state index contributed by atoms with van der Waals surface area (Å²) >= 11 is 0. The first-order valence-electron chi connectivity index (χ1n) is 6.65. The van der Waals surface area contributed by atoms with Gasteiger partial charge in [-0.05, 0) is 44.0 Å². The third kappa shape index (κ3) is 3.68. The monoisotopic (exact) mass is 294 g/mol. The predicted molar refractivity (Wildman–Crippen MR) is 81.0 cm³/mol. The number of allylic oxidation sites excluding steroid dienone is 1. The Morgan fingerprint density at radius 1 is 1.00 bits per heavy atom. The van der Waals surface area contributed by atoms with Gasteiger partial charge in [0.1, 0.15) is 0 Å². The van der Waals surface area contributed by atoms with Crippen molar-refractivity contribution in [3.8, 4) is 17.2 Å². The second-order valence-electron chi connectivity index (χ2n) is 4.38. The number of methoxy groups -OCH3 is 3. The molecule has 0 aromatic heterocycles. The average molecular weight is 294 g/mol. The van der Waals surface area contributed by atoms with E-state index in [9.17, 15) is 4.79 Å². The van der Waals surface area contributed by atoms with E-state index in [1.165, 1.54) is 0 Å². The summed E-state index contributed by atoms with van der Waals surface area (Å²) in [5.41, 5.74) is 2.16. The summed E-state index contributed by atoms with van der Waals surface area (Å²) in [6.45, 7) is 5.71. The molecule has 0 aliphatic carbocycles. The van der Waals surface area contributed by atoms with Crippen molar-refractivity contribution in [2.45, 2.75) is 20.8 Å². The molecule has 1 rings (SSSR count). The molecule has 5 heteroatoms. The lowest BCUT2D eigenvalue weighted by atomic mass is 10.0. The van der Waals surface area contributed by atoms with Crippen LogP contribution in [0.1, 0.15) is 26.3 Å². The molecule has 0 bridgehead atoms. The maximum atomic E-state index is 11.8. The van der Waals surface area contributed by atoms with Crippen molar-refractivity contribution in [1.82, 2.24) is 0 Å². The number of hydrogen-bond donors (Lipinski definition) is 0. The van der Waals surface area contributed by atoms with Gasteiger partial charge >= 0.3 is 5.97 Å². The average Bonchev–Trinajstić information content (AvgIpc) is 2.51. The molecule has 0 heterocycles. The Kier molecular flexibility index (Phi) is 6.09. The van der Waals surface area contributed by atoms with Gasteiger partial charge in [-0.3, -0.25) is 0 Å². The van der Waals surface area contributed by atoms with Crippen LogP contribution in [0.4, 0.5) is 0 Å². The summed E-state index contributed by atoms with van der Waals surface area (Å²) < 4.78 is 20.9. The van der Waals surface area contributed by atoms with Crippen LogP contribution in [0.3, 0.4) is 0 Å². The van der Waals surface area contributed by atoms with Crippen LogP contribution in [0.5, 0.6) is 17.2 Å². The zero-order chi connectivity index (χ0) is 16.0. The van der Waals surface area contributed by atoms with Crippen molar-refractivity contribution in [2.75, 3.05) is 27.9 Å². The molecule has 0 atom stereocenters. The Hall–Kier alpha value is -2.17. The molecule has 0 amide bonds. The van der Waals surface area contributed by atoms with Crippen molar-refractivity contribution >= 4 is 11.5 Å². The van der Waals surface area contributed by atoms with E-state index in [0.717, 1.165) is 11.1 Å². The second-order valence-corrected chi connectivity index (χ2v) is 4.38. The molecule has 0 spiro atoms. The standard InChI is InChI=1S/C16H22O5/c1-7-21-16(17)11(3)10(2)12-8-13(18-4)15(20-6)14(9-12)19-5/h8-9H,7H2,1-6H3. The van der Waals surface area contributed by atoms with Gasteiger partial charge in [-0.15, -0.1) is 0 Å². The number of esters is 1. The molecule has 0 N–H and O–H groups in total. The number of carbonyl (C=O) groups excluding carboxylic acids is 1. The predicted octanol–water partition coefficient (Wildman–Crippen LogP) is 3.07. The lowest BCUT2D eigenvalue weighted by Gasteiger charge is -2.15. The van der Waals surface area contributed by atoms with Crippen LogP contribution in [0, 0.1) is 0 Å². The van der Waals surface area contributed by atoms with Crippen LogP contribution in [0.25, 0.3) is 5.57 Å². The van der Waals surface area contributed by atoms with Crippen molar-refractivity contribution in [1.29, 1.82) is 0 Å². The van der Waals surface area contributed by atoms with Gasteiger partial charge < -0.3 is 18.9 Å². The van der Waals surface area contributed by atoms with Crippen molar-refractivity contribution in [2.24, 2.45) is 0 Å². The molecule has 0 aliphatic heterocycles. The molecule has 0 saturated carbocycles. The van der Waals surface area contributed by atoms with Gasteiger partial charge in [0.05, 0.1) is 27.9 Å². The zero-order valence-electron chi connectivity index (χ0n) is 13.4. The van der Waals surface area contributed by atoms with Crippen molar-refractivity contribution in [3.05, 3.63) is 23.3 Å². The van der Waals surface area contributed by atoms with E-state index in [1.54, 1.807) is 47.3 Å². The highest BCUT2D eigenvalue weighted by atomic mass is 16.5. The Morgan fingerprint density at radius 2 is 1.52 bits per heavy atom. The topological polar surface area (TPSA) is 54.0 Å². The summed E-state index contributed by atoms with van der Waals surface area (Å²) in [6, 6.07) is 3.61. The fraction of sp³-hybridized carbons (Fsp3) is 0.438. The molecular formula is C16H22O5. The summed E-state index contributed by atoms with van der Waals surface area (Å²) in [5.74, 6) is 1.28. The van der Waals surface area contributed by atoms with Gasteiger partial charge in [0.25, 0.3) is 0 Å². The third-order valence-corrected chi connectivity index (χ3v) is 3.24. The first-order chi connectivity index (χ1) is 9.99. The molecular weight excluding hydrogens is 272 g/mol. The highest BCUT2D eigenvalue weighted by molar-refractivity contribution is 5.97. The summed E-state index contributed by atoms with van der Waals surface area (Å²) in [4.78, 5) is 11.8. The Labute approximate surface area is 125 Å². The van der Waals surface area contributed by atoms with Crippen LogP contribution in [0.15, 0.2) is 17.7 Å². The van der Waals surface area contributed by atoms with Crippen molar-refractivity contribution < 1.29 is 23.7 Å². The van der Waals surface area contributed by atoms with Crippen LogP contribution in [0.2, 0.25) is 0 Å². The molecule has 0 radical (unpaired) electrons. The SMILES string of the molecule is CCOC(=O)C(C)=C(C)c1cc(OC)c(OC)c(OC)c1. The van der Waals surface area contributed by atoms with E-state index in [-0.39, 0.29) is 5.97 Å². The van der Waals surface area contributed by atoms with E-state index in [0.29, 0.717) is 29.4 Å². The van der Waals surface area contributed by atoms with Gasteiger partial charge in [0.2, 0.25) is 5.75 Å². The molecule has 5 nitrogen and oxygen atoms in total. The van der Waals surface area contributed by atoms with Crippen LogP contribution in [-0.2, 0) is 9.53 Å². The largest absolute Gasteiger partial charge is 0.493 e. The van der Waals surface area contributed by atoms with Crippen LogP contribution < -0.4 is 14.2 Å². The highest BCUT2D eigenvalue weighted by Crippen LogP contribution is 2.40. The minimum absolute atomic E-state index is 0.330. The molecule has 21 heavy (non-hydrogen) atoms. The molecule has 0 fully saturated rings. The van der Waals surface area contributed by atoms with Gasteiger partial charge in [-0.1, -0.05) is 0 Å². The fourth-order valence-corrected chi connectivity index (χ4v) is 1.91. The molecule has 0 aliphatic rings. The molecule has 1 aromatic rings. The maximum Gasteiger partial charge on any atom is 0.333 e. The minimum atomic E-state index is -0.330. The fourth-order valence-electron chi connectivity index (χ4n) is 1.91. The number of carbonyl (C=O) groups is 1. The smallest absolute Gasteiger partial charge is 0.333 e. The Balaban J connectivity index is 3.36. The first kappa shape index (κ1) is 16.9. The van der Waals surface area contributed by atoms with E-state index in [2.05, 4.69) is 0 Å². The summed E-state index contributed by atoms with van der Waals surface area (Å²) in [6.07, 6.45) is 0. The van der Waals surface area contributed by atoms with Crippen molar-refractivity contribution in [3.63, 3.8) is 0 Å². The van der Waals surface area contributed by atoms with Crippen LogP contribution >= 0.6 is 0 Å². The summed E-state index contributed by atoms with van der Waals surface area (Å²) in [7, 11) is 4.66. The quantitative estimate of drug-likeness (QED) is 0.596. The Bertz CT molecular complexity index is 521. The van der Waals surface area contributed by atoms with Gasteiger partial charge in [0.15, 0.2) is 11.5 Å². The number of hydrogen-bond acceptors (Lipinski definition) is 5. The van der Waals surface area contributed by atoms with Gasteiger partial charge in [0, 0.05) is 5.57 Å². The zero-order valence-corrected chi connectivity index (χ0v) is 13.4. The molecule has 0 unspecified atom stereocenters. The van der Waals surface area contributed by atoms with Gasteiger partial charge in [-0.25, -0.2) is 4.79 Å². The lowest BCUT2D eigenvalue weighted by molar-refractivity contribution is -0.138. The Morgan fingerprint density at radius 3 is 1.90 bits per heavy atom. The van der Waals surface area contributed by atoms with Gasteiger partial charge in [-0.2, -0.15) is 0 Å². The lowest BCUT2D eigenvalue weighted by Crippen LogP contribution is -2.07. The van der Waals surface area contributed by atoms with Crippen LogP contribution in [-0.4, -0.2) is 33.9 Å². The van der Waals surface area contributed by atoms with E-state index in [1.807, 2.05) is 6.92 Å². The molecule has 116 valence electrons. The van der Waals surface area contributed by atoms with E-state index in [4.69, 9.17) is 18.9 Å². The third-order valence-electron chi connectivity index (χ3n) is 3.24. The highest BCUT2D eigenvalue weighted by Gasteiger charge is 2.16. The molecule has 0 saturated heterocycles. The second kappa shape index (κ2) is 7.57. The summed E-state index contributed by atoms with van der Waals surface area (Å²) in [5, 5.41) is 0. The maximum absolute atomic E-state index is 11.8. The first-order valence-corrected chi connectivity index (χ1v) is 6.65. The normalized spacial score (nSPS) is 11.5. The van der Waals surface area contributed by atoms with E-state index < -0.39 is 0 Å². The number of rotatable bonds is 6. The molecule has 1 aromatic carbocycles. The number of ether oxygens (including phenoxy) is 4. The minimum Gasteiger partial charge on any atom is -0.493 e.